The highest BCUT2D eigenvalue weighted by Gasteiger charge is 2.46. The Labute approximate surface area is 282 Å². The van der Waals surface area contributed by atoms with Crippen molar-refractivity contribution >= 4 is 5.91 Å². The number of nitrogens with zero attached hydrogens (tertiary/aromatic N) is 3. The topological polar surface area (TPSA) is 92.8 Å². The molecule has 5 aromatic rings. The molecule has 274 valence electrons. The average molecular weight is 752 g/mol. The Balaban J connectivity index is 1.79. The number of alkyl halides is 10. The number of hydrogen-bond donors (Lipinski definition) is 2. The molecule has 0 aliphatic carbocycles. The molecule has 1 amide bonds. The van der Waals surface area contributed by atoms with Gasteiger partial charge in [-0.05, 0) is 64.4 Å². The van der Waals surface area contributed by atoms with E-state index < -0.39 is 93.8 Å². The smallest absolute Gasteiger partial charge is 0.428 e. The number of H-pyrrole nitrogens is 1. The number of halogens is 13. The van der Waals surface area contributed by atoms with E-state index in [4.69, 9.17) is 0 Å². The maximum Gasteiger partial charge on any atom is 0.461 e. The zero-order valence-electron chi connectivity index (χ0n) is 25.4. The first-order valence-electron chi connectivity index (χ1n) is 14.2. The number of ether oxygens (including phenoxy) is 1. The highest BCUT2D eigenvalue weighted by Crippen LogP contribution is 2.41. The number of benzene rings is 4. The predicted octanol–water partition coefficient (Wildman–Crippen LogP) is 8.47. The van der Waals surface area contributed by atoms with Gasteiger partial charge in [0.15, 0.2) is 0 Å². The molecule has 1 heterocycles. The van der Waals surface area contributed by atoms with E-state index in [1.54, 1.807) is 0 Å². The minimum atomic E-state index is -5.42. The molecule has 20 heteroatoms. The van der Waals surface area contributed by atoms with Crippen LogP contribution >= 0.6 is 0 Å². The number of aromatic amines is 1. The third kappa shape index (κ3) is 7.94. The summed E-state index contributed by atoms with van der Waals surface area (Å²) in [6.07, 6.45) is -21.3. The minimum Gasteiger partial charge on any atom is -0.428 e. The van der Waals surface area contributed by atoms with Crippen molar-refractivity contribution in [3.8, 4) is 17.1 Å². The number of carbonyl (C=O) groups excluding carboxylic acids is 1. The fourth-order valence-corrected chi connectivity index (χ4v) is 5.15. The summed E-state index contributed by atoms with van der Waals surface area (Å²) in [6, 6.07) is 8.39. The van der Waals surface area contributed by atoms with Gasteiger partial charge in [-0.15, -0.1) is 10.2 Å². The lowest BCUT2D eigenvalue weighted by molar-refractivity contribution is -0.253. The molecule has 4 aromatic carbocycles. The van der Waals surface area contributed by atoms with Crippen molar-refractivity contribution in [1.29, 1.82) is 0 Å². The van der Waals surface area contributed by atoms with Crippen LogP contribution in [0.1, 0.15) is 38.2 Å². The number of tetrazole rings is 1. The summed E-state index contributed by atoms with van der Waals surface area (Å²) in [6.45, 7) is 0. The monoisotopic (exact) mass is 751 g/mol. The standard InChI is InChI=1S/C32H18F13N5O2/c33-20-10-19(11-21(13-20)52-32(44,45)28(36)37)29(18-6-8-25(35)23(12-18)31(41,42)43,14-15-1-3-16(4-2-15)26-47-49-50-48-26)46-27(51)17-5-7-24(34)22(9-17)30(38,39)40/h1-13,28H,14H2,(H,46,51)(H,47,48,49,50)/t29-/m1/s1. The number of hydrogen-bond acceptors (Lipinski definition) is 5. The summed E-state index contributed by atoms with van der Waals surface area (Å²) < 4.78 is 185. The lowest BCUT2D eigenvalue weighted by Crippen LogP contribution is -2.49. The van der Waals surface area contributed by atoms with Gasteiger partial charge in [0.2, 0.25) is 5.82 Å². The zero-order chi connectivity index (χ0) is 38.2. The second kappa shape index (κ2) is 13.8. The van der Waals surface area contributed by atoms with Crippen LogP contribution in [0.5, 0.6) is 5.75 Å². The van der Waals surface area contributed by atoms with Crippen LogP contribution in [0.3, 0.4) is 0 Å². The van der Waals surface area contributed by atoms with Crippen LogP contribution in [0.15, 0.2) is 78.9 Å². The molecule has 5 rings (SSSR count). The van der Waals surface area contributed by atoms with Crippen LogP contribution in [0, 0.1) is 17.5 Å². The second-order valence-electron chi connectivity index (χ2n) is 11.0. The second-order valence-corrected chi connectivity index (χ2v) is 11.0. The van der Waals surface area contributed by atoms with Gasteiger partial charge in [0.25, 0.3) is 5.91 Å². The van der Waals surface area contributed by atoms with Crippen molar-refractivity contribution in [2.75, 3.05) is 0 Å². The van der Waals surface area contributed by atoms with Crippen molar-refractivity contribution in [2.45, 2.75) is 36.8 Å². The Hall–Kier alpha value is -5.69. The van der Waals surface area contributed by atoms with E-state index in [1.165, 1.54) is 24.3 Å². The predicted molar refractivity (Wildman–Crippen MR) is 152 cm³/mol. The number of carbonyl (C=O) groups is 1. The van der Waals surface area contributed by atoms with Crippen LogP contribution in [-0.2, 0) is 24.3 Å². The summed E-state index contributed by atoms with van der Waals surface area (Å²) in [4.78, 5) is 13.8. The molecule has 0 aliphatic rings. The van der Waals surface area contributed by atoms with E-state index in [0.717, 1.165) is 0 Å². The molecule has 0 spiro atoms. The van der Waals surface area contributed by atoms with E-state index in [1.807, 2.05) is 0 Å². The Morgan fingerprint density at radius 1 is 0.750 bits per heavy atom. The van der Waals surface area contributed by atoms with E-state index in [2.05, 4.69) is 30.7 Å². The van der Waals surface area contributed by atoms with Gasteiger partial charge >= 0.3 is 24.9 Å². The molecule has 52 heavy (non-hydrogen) atoms. The Kier molecular flexibility index (Phi) is 9.96. The first-order chi connectivity index (χ1) is 24.2. The highest BCUT2D eigenvalue weighted by atomic mass is 19.4. The number of amides is 1. The van der Waals surface area contributed by atoms with Crippen molar-refractivity contribution in [3.63, 3.8) is 0 Å². The van der Waals surface area contributed by atoms with Crippen LogP contribution in [0.25, 0.3) is 11.4 Å². The molecule has 1 aromatic heterocycles. The molecular formula is C32H18F13N5O2. The molecule has 0 unspecified atom stereocenters. The van der Waals surface area contributed by atoms with Crippen molar-refractivity contribution in [1.82, 2.24) is 25.9 Å². The Morgan fingerprint density at radius 3 is 1.94 bits per heavy atom. The summed E-state index contributed by atoms with van der Waals surface area (Å²) in [5.41, 5.74) is -8.74. The van der Waals surface area contributed by atoms with Gasteiger partial charge in [0.1, 0.15) is 23.2 Å². The van der Waals surface area contributed by atoms with Gasteiger partial charge in [-0.1, -0.05) is 30.3 Å². The van der Waals surface area contributed by atoms with Crippen molar-refractivity contribution < 1.29 is 66.6 Å². The maximum atomic E-state index is 15.2. The molecular weight excluding hydrogens is 733 g/mol. The summed E-state index contributed by atoms with van der Waals surface area (Å²) >= 11 is 0. The lowest BCUT2D eigenvalue weighted by atomic mass is 9.76. The quantitative estimate of drug-likeness (QED) is 0.140. The molecule has 0 fully saturated rings. The van der Waals surface area contributed by atoms with Gasteiger partial charge < -0.3 is 10.1 Å². The molecule has 0 radical (unpaired) electrons. The van der Waals surface area contributed by atoms with Crippen LogP contribution in [-0.4, -0.2) is 39.1 Å². The van der Waals surface area contributed by atoms with E-state index in [0.29, 0.717) is 35.9 Å². The Morgan fingerprint density at radius 2 is 1.37 bits per heavy atom. The highest BCUT2D eigenvalue weighted by molar-refractivity contribution is 5.95. The fraction of sp³-hybridized carbons (Fsp3) is 0.188. The Bertz CT molecular complexity index is 2070. The largest absolute Gasteiger partial charge is 0.461 e. The number of aromatic nitrogens is 4. The molecule has 0 aliphatic heterocycles. The average Bonchev–Trinajstić information content (AvgIpc) is 3.59. The summed E-state index contributed by atoms with van der Waals surface area (Å²) in [7, 11) is 0. The van der Waals surface area contributed by atoms with Gasteiger partial charge in [0.05, 0.1) is 16.7 Å². The van der Waals surface area contributed by atoms with Crippen molar-refractivity contribution in [3.05, 3.63) is 130 Å². The molecule has 0 saturated carbocycles. The zero-order valence-corrected chi connectivity index (χ0v) is 25.4. The maximum absolute atomic E-state index is 15.2. The lowest BCUT2D eigenvalue weighted by Gasteiger charge is -2.37. The number of rotatable bonds is 10. The molecule has 7 nitrogen and oxygen atoms in total. The SMILES string of the molecule is O=C(N[C@@](Cc1ccc(-c2nn[nH]n2)cc1)(c1cc(F)cc(OC(F)(F)C(F)F)c1)c1ccc(F)c(C(F)(F)F)c1)c1ccc(F)c(C(F)(F)F)c1. The summed E-state index contributed by atoms with van der Waals surface area (Å²) in [5.74, 6) is -8.01. The van der Waals surface area contributed by atoms with Crippen LogP contribution in [0.2, 0.25) is 0 Å². The number of nitrogens with one attached hydrogen (secondary N) is 2. The van der Waals surface area contributed by atoms with Crippen LogP contribution in [0.4, 0.5) is 57.1 Å². The van der Waals surface area contributed by atoms with Gasteiger partial charge in [-0.2, -0.15) is 49.1 Å². The van der Waals surface area contributed by atoms with Gasteiger partial charge in [-0.25, -0.2) is 13.2 Å². The van der Waals surface area contributed by atoms with Gasteiger partial charge in [0, 0.05) is 23.6 Å². The third-order valence-corrected chi connectivity index (χ3v) is 7.52. The molecule has 2 N–H and O–H groups in total. The van der Waals surface area contributed by atoms with Crippen molar-refractivity contribution in [2.24, 2.45) is 0 Å². The van der Waals surface area contributed by atoms with E-state index in [9.17, 15) is 57.5 Å². The summed E-state index contributed by atoms with van der Waals surface area (Å²) in [5, 5.41) is 15.3. The van der Waals surface area contributed by atoms with E-state index in [-0.39, 0.29) is 35.7 Å². The first-order valence-corrected chi connectivity index (χ1v) is 14.2. The van der Waals surface area contributed by atoms with E-state index >= 15 is 4.39 Å². The minimum absolute atomic E-state index is 0.0326. The third-order valence-electron chi connectivity index (χ3n) is 7.52. The van der Waals surface area contributed by atoms with Crippen LogP contribution < -0.4 is 10.1 Å². The molecule has 1 atom stereocenters. The first kappa shape index (κ1) is 37.6. The molecule has 0 bridgehead atoms. The molecule has 0 saturated heterocycles. The fourth-order valence-electron chi connectivity index (χ4n) is 5.15. The normalized spacial score (nSPS) is 13.6. The van der Waals surface area contributed by atoms with Gasteiger partial charge in [-0.3, -0.25) is 4.79 Å².